The maximum absolute atomic E-state index is 12.3. The van der Waals surface area contributed by atoms with Gasteiger partial charge in [-0.1, -0.05) is 12.1 Å². The highest BCUT2D eigenvalue weighted by atomic mass is 16.5. The van der Waals surface area contributed by atoms with Crippen LogP contribution in [0.25, 0.3) is 11.0 Å². The van der Waals surface area contributed by atoms with Gasteiger partial charge in [-0.15, -0.1) is 0 Å². The zero-order valence-corrected chi connectivity index (χ0v) is 20.7. The second kappa shape index (κ2) is 10.6. The number of ether oxygens (including phenoxy) is 3. The standard InChI is InChI=1S/C28H34N2O5/c1-3-33-24-11-5-4-10-23(24)30-15-13-29(14-16-30)12-7-17-34-27-18-22-20-8-6-9-21(20)28(31)35-25(22)19-26(27)32-2/h4-5,10-11,18-19H,3,6-9,12-17H2,1-2H3. The van der Waals surface area contributed by atoms with Crippen LogP contribution in [0.3, 0.4) is 0 Å². The van der Waals surface area contributed by atoms with Crippen LogP contribution in [0, 0.1) is 0 Å². The van der Waals surface area contributed by atoms with Crippen molar-refractivity contribution in [3.8, 4) is 17.2 Å². The molecule has 0 radical (unpaired) electrons. The van der Waals surface area contributed by atoms with Gasteiger partial charge >= 0.3 is 5.63 Å². The van der Waals surface area contributed by atoms with Crippen LogP contribution in [0.15, 0.2) is 45.6 Å². The largest absolute Gasteiger partial charge is 0.493 e. The predicted octanol–water partition coefficient (Wildman–Crippen LogP) is 4.28. The van der Waals surface area contributed by atoms with E-state index in [0.29, 0.717) is 30.3 Å². The Hall–Kier alpha value is -3.19. The Morgan fingerprint density at radius 3 is 2.54 bits per heavy atom. The molecule has 0 bridgehead atoms. The molecule has 7 heteroatoms. The van der Waals surface area contributed by atoms with Crippen molar-refractivity contribution in [1.29, 1.82) is 0 Å². The van der Waals surface area contributed by atoms with Crippen LogP contribution in [0.2, 0.25) is 0 Å². The summed E-state index contributed by atoms with van der Waals surface area (Å²) in [5, 5.41) is 0.969. The van der Waals surface area contributed by atoms with Gasteiger partial charge in [-0.05, 0) is 56.4 Å². The molecule has 1 aromatic heterocycles. The average Bonchev–Trinajstić information content (AvgIpc) is 3.39. The molecule has 1 saturated heterocycles. The van der Waals surface area contributed by atoms with Crippen molar-refractivity contribution in [3.63, 3.8) is 0 Å². The zero-order chi connectivity index (χ0) is 24.2. The lowest BCUT2D eigenvalue weighted by atomic mass is 10.1. The summed E-state index contributed by atoms with van der Waals surface area (Å²) in [5.41, 5.74) is 3.46. The van der Waals surface area contributed by atoms with E-state index < -0.39 is 0 Å². The molecule has 0 N–H and O–H groups in total. The van der Waals surface area contributed by atoms with Crippen LogP contribution < -0.4 is 24.7 Å². The quantitative estimate of drug-likeness (QED) is 0.336. The lowest BCUT2D eigenvalue weighted by Gasteiger charge is -2.36. The van der Waals surface area contributed by atoms with Gasteiger partial charge in [-0.2, -0.15) is 0 Å². The number of benzene rings is 2. The van der Waals surface area contributed by atoms with Crippen molar-refractivity contribution in [1.82, 2.24) is 4.90 Å². The zero-order valence-electron chi connectivity index (χ0n) is 20.7. The molecule has 1 aliphatic carbocycles. The van der Waals surface area contributed by atoms with Gasteiger partial charge in [-0.25, -0.2) is 4.79 Å². The van der Waals surface area contributed by atoms with E-state index in [9.17, 15) is 4.79 Å². The van der Waals surface area contributed by atoms with Crippen molar-refractivity contribution in [2.75, 3.05) is 57.9 Å². The minimum Gasteiger partial charge on any atom is -0.493 e. The summed E-state index contributed by atoms with van der Waals surface area (Å²) in [6.07, 6.45) is 3.62. The van der Waals surface area contributed by atoms with Gasteiger partial charge in [0.2, 0.25) is 0 Å². The van der Waals surface area contributed by atoms with Crippen molar-refractivity contribution in [2.45, 2.75) is 32.6 Å². The Bertz CT molecular complexity index is 1230. The summed E-state index contributed by atoms with van der Waals surface area (Å²) >= 11 is 0. The van der Waals surface area contributed by atoms with Crippen LogP contribution in [0.1, 0.15) is 30.9 Å². The molecule has 0 unspecified atom stereocenters. The third kappa shape index (κ3) is 4.96. The summed E-state index contributed by atoms with van der Waals surface area (Å²) in [6.45, 7) is 8.30. The minimum atomic E-state index is -0.220. The summed E-state index contributed by atoms with van der Waals surface area (Å²) in [4.78, 5) is 17.2. The summed E-state index contributed by atoms with van der Waals surface area (Å²) in [5.74, 6) is 2.27. The van der Waals surface area contributed by atoms with E-state index in [-0.39, 0.29) is 5.63 Å². The lowest BCUT2D eigenvalue weighted by Crippen LogP contribution is -2.46. The lowest BCUT2D eigenvalue weighted by molar-refractivity contribution is 0.221. The molecule has 0 amide bonds. The molecule has 1 aliphatic heterocycles. The van der Waals surface area contributed by atoms with Crippen LogP contribution in [-0.2, 0) is 12.8 Å². The molecule has 5 rings (SSSR count). The molecule has 2 aliphatic rings. The van der Waals surface area contributed by atoms with Crippen molar-refractivity contribution >= 4 is 16.7 Å². The van der Waals surface area contributed by atoms with Crippen LogP contribution in [0.5, 0.6) is 17.2 Å². The SMILES string of the molecule is CCOc1ccccc1N1CCN(CCCOc2cc3c4c(c(=O)oc3cc2OC)CCC4)CC1. The number of rotatable bonds is 9. The van der Waals surface area contributed by atoms with E-state index in [1.807, 2.05) is 25.1 Å². The molecule has 1 fully saturated rings. The molecular formula is C28H34N2O5. The Morgan fingerprint density at radius 2 is 1.74 bits per heavy atom. The average molecular weight is 479 g/mol. The number of hydrogen-bond acceptors (Lipinski definition) is 7. The minimum absolute atomic E-state index is 0.220. The van der Waals surface area contributed by atoms with E-state index >= 15 is 0 Å². The maximum Gasteiger partial charge on any atom is 0.339 e. The monoisotopic (exact) mass is 478 g/mol. The Labute approximate surface area is 206 Å². The highest BCUT2D eigenvalue weighted by Gasteiger charge is 2.22. The van der Waals surface area contributed by atoms with Gasteiger partial charge in [0.15, 0.2) is 11.5 Å². The molecule has 0 atom stereocenters. The highest BCUT2D eigenvalue weighted by Crippen LogP contribution is 2.36. The molecule has 3 aromatic rings. The predicted molar refractivity (Wildman–Crippen MR) is 137 cm³/mol. The van der Waals surface area contributed by atoms with E-state index in [1.54, 1.807) is 13.2 Å². The number of hydrogen-bond donors (Lipinski definition) is 0. The molecule has 35 heavy (non-hydrogen) atoms. The molecule has 2 aromatic carbocycles. The first-order valence-electron chi connectivity index (χ1n) is 12.7. The third-order valence-corrected chi connectivity index (χ3v) is 7.01. The number of methoxy groups -OCH3 is 1. The molecular weight excluding hydrogens is 444 g/mol. The smallest absolute Gasteiger partial charge is 0.339 e. The fraction of sp³-hybridized carbons (Fsp3) is 0.464. The molecule has 0 saturated carbocycles. The molecule has 7 nitrogen and oxygen atoms in total. The number of nitrogens with zero attached hydrogens (tertiary/aromatic N) is 2. The van der Waals surface area contributed by atoms with Crippen LogP contribution in [-0.4, -0.2) is 57.9 Å². The molecule has 0 spiro atoms. The number of piperazine rings is 1. The van der Waals surface area contributed by atoms with Gasteiger partial charge in [0.05, 0.1) is 26.0 Å². The highest BCUT2D eigenvalue weighted by molar-refractivity contribution is 5.85. The van der Waals surface area contributed by atoms with Crippen molar-refractivity contribution in [2.24, 2.45) is 0 Å². The first kappa shape index (κ1) is 23.5. The van der Waals surface area contributed by atoms with Crippen LogP contribution in [0.4, 0.5) is 5.69 Å². The normalized spacial score (nSPS) is 15.9. The summed E-state index contributed by atoms with van der Waals surface area (Å²) in [6, 6.07) is 12.1. The number of anilines is 1. The van der Waals surface area contributed by atoms with Crippen molar-refractivity contribution < 1.29 is 18.6 Å². The second-order valence-electron chi connectivity index (χ2n) is 9.13. The number of fused-ring (bicyclic) bond motifs is 3. The van der Waals surface area contributed by atoms with Gasteiger partial charge in [0, 0.05) is 49.7 Å². The molecule has 2 heterocycles. The van der Waals surface area contributed by atoms with E-state index in [2.05, 4.69) is 21.9 Å². The second-order valence-corrected chi connectivity index (χ2v) is 9.13. The van der Waals surface area contributed by atoms with Crippen molar-refractivity contribution in [3.05, 3.63) is 57.9 Å². The maximum atomic E-state index is 12.3. The fourth-order valence-electron chi connectivity index (χ4n) is 5.24. The first-order chi connectivity index (χ1) is 17.2. The Kier molecular flexibility index (Phi) is 7.13. The third-order valence-electron chi connectivity index (χ3n) is 7.01. The van der Waals surface area contributed by atoms with Gasteiger partial charge in [0.1, 0.15) is 11.3 Å². The van der Waals surface area contributed by atoms with Gasteiger partial charge < -0.3 is 23.5 Å². The Balaban J connectivity index is 1.16. The molecule has 186 valence electrons. The van der Waals surface area contributed by atoms with E-state index in [1.165, 1.54) is 5.69 Å². The van der Waals surface area contributed by atoms with E-state index in [0.717, 1.165) is 80.7 Å². The summed E-state index contributed by atoms with van der Waals surface area (Å²) < 4.78 is 23.0. The Morgan fingerprint density at radius 1 is 0.943 bits per heavy atom. The van der Waals surface area contributed by atoms with Gasteiger partial charge in [0.25, 0.3) is 0 Å². The first-order valence-corrected chi connectivity index (χ1v) is 12.7. The number of aryl methyl sites for hydroxylation is 1. The van der Waals surface area contributed by atoms with Gasteiger partial charge in [-0.3, -0.25) is 4.90 Å². The fourth-order valence-corrected chi connectivity index (χ4v) is 5.24. The van der Waals surface area contributed by atoms with Crippen LogP contribution >= 0.6 is 0 Å². The summed E-state index contributed by atoms with van der Waals surface area (Å²) in [7, 11) is 1.61. The van der Waals surface area contributed by atoms with E-state index in [4.69, 9.17) is 18.6 Å². The topological polar surface area (TPSA) is 64.4 Å². The number of para-hydroxylation sites is 2.